The van der Waals surface area contributed by atoms with Crippen LogP contribution in [0.5, 0.6) is 5.75 Å². The van der Waals surface area contributed by atoms with E-state index in [1.54, 1.807) is 4.68 Å². The number of fused-ring (bicyclic) bond motifs is 1. The quantitative estimate of drug-likeness (QED) is 0.943. The first-order valence-corrected chi connectivity index (χ1v) is 6.27. The van der Waals surface area contributed by atoms with Crippen LogP contribution in [0.25, 0.3) is 10.9 Å². The van der Waals surface area contributed by atoms with E-state index < -0.39 is 12.3 Å². The van der Waals surface area contributed by atoms with Crippen molar-refractivity contribution in [3.05, 3.63) is 17.7 Å². The van der Waals surface area contributed by atoms with Gasteiger partial charge in [-0.05, 0) is 13.0 Å². The van der Waals surface area contributed by atoms with Crippen LogP contribution in [0.1, 0.15) is 18.6 Å². The first kappa shape index (κ1) is 15.4. The van der Waals surface area contributed by atoms with Crippen molar-refractivity contribution in [2.45, 2.75) is 25.7 Å². The lowest BCUT2D eigenvalue weighted by Crippen LogP contribution is -2.23. The molecule has 21 heavy (non-hydrogen) atoms. The third-order valence-corrected chi connectivity index (χ3v) is 3.25. The summed E-state index contributed by atoms with van der Waals surface area (Å²) in [6.45, 7) is 2.41. The zero-order valence-corrected chi connectivity index (χ0v) is 11.9. The van der Waals surface area contributed by atoms with Gasteiger partial charge in [-0.25, -0.2) is 0 Å². The number of nitrogens with zero attached hydrogens (tertiary/aromatic N) is 2. The van der Waals surface area contributed by atoms with Crippen LogP contribution in [0.3, 0.4) is 0 Å². The maximum absolute atomic E-state index is 13.1. The fourth-order valence-electron chi connectivity index (χ4n) is 2.39. The first-order valence-electron chi connectivity index (χ1n) is 6.27. The Hall–Kier alpha value is -1.96. The topological polar surface area (TPSA) is 62.3 Å². The molecular formula is C13H16F3N3O2. The van der Waals surface area contributed by atoms with E-state index in [4.69, 9.17) is 10.5 Å². The second-order valence-corrected chi connectivity index (χ2v) is 4.44. The molecule has 0 saturated heterocycles. The monoisotopic (exact) mass is 303 g/mol. The minimum absolute atomic E-state index is 0.0360. The number of rotatable bonds is 4. The van der Waals surface area contributed by atoms with Crippen molar-refractivity contribution in [2.24, 2.45) is 0 Å². The zero-order chi connectivity index (χ0) is 15.8. The van der Waals surface area contributed by atoms with E-state index in [1.807, 2.05) is 6.92 Å². The Bertz CT molecular complexity index is 652. The predicted octanol–water partition coefficient (Wildman–Crippen LogP) is 2.90. The number of alkyl halides is 3. The predicted molar refractivity (Wildman–Crippen MR) is 72.2 cm³/mol. The fourth-order valence-corrected chi connectivity index (χ4v) is 2.39. The standard InChI is InChI=1S/C13H16F3N3O2/c1-4-19-8-6-5-7(11(21-3)13(14,15)16)10(20-2)9(8)12(17)18-19/h5-6,11H,4H2,1-3H3,(H2,17,18). The Kier molecular flexibility index (Phi) is 3.99. The molecule has 5 nitrogen and oxygen atoms in total. The van der Waals surface area contributed by atoms with Crippen molar-refractivity contribution in [3.8, 4) is 5.75 Å². The van der Waals surface area contributed by atoms with Gasteiger partial charge in [0.2, 0.25) is 0 Å². The Labute approximate surface area is 119 Å². The maximum Gasteiger partial charge on any atom is 0.418 e. The number of hydrogen-bond acceptors (Lipinski definition) is 4. The van der Waals surface area contributed by atoms with Gasteiger partial charge >= 0.3 is 6.18 Å². The van der Waals surface area contributed by atoms with E-state index >= 15 is 0 Å². The summed E-state index contributed by atoms with van der Waals surface area (Å²) >= 11 is 0. The van der Waals surface area contributed by atoms with Crippen LogP contribution in [0, 0.1) is 0 Å². The second-order valence-electron chi connectivity index (χ2n) is 4.44. The molecule has 0 saturated carbocycles. The van der Waals surface area contributed by atoms with Crippen LogP contribution in [-0.2, 0) is 11.3 Å². The molecule has 1 unspecified atom stereocenters. The molecule has 0 radical (unpaired) electrons. The number of ether oxygens (including phenoxy) is 2. The lowest BCUT2D eigenvalue weighted by atomic mass is 10.0. The second kappa shape index (κ2) is 5.44. The summed E-state index contributed by atoms with van der Waals surface area (Å²) in [5.74, 6) is 0.163. The number of anilines is 1. The molecule has 1 heterocycles. The zero-order valence-electron chi connectivity index (χ0n) is 11.9. The van der Waals surface area contributed by atoms with Gasteiger partial charge in [0.25, 0.3) is 0 Å². The van der Waals surface area contributed by atoms with Crippen molar-refractivity contribution in [3.63, 3.8) is 0 Å². The molecule has 0 aliphatic carbocycles. The van der Waals surface area contributed by atoms with Crippen LogP contribution in [0.15, 0.2) is 12.1 Å². The molecule has 8 heteroatoms. The number of nitrogen functional groups attached to an aromatic ring is 1. The summed E-state index contributed by atoms with van der Waals surface area (Å²) in [5.41, 5.74) is 6.31. The molecule has 0 fully saturated rings. The van der Waals surface area contributed by atoms with Crippen molar-refractivity contribution in [2.75, 3.05) is 20.0 Å². The smallest absolute Gasteiger partial charge is 0.418 e. The van der Waals surface area contributed by atoms with Gasteiger partial charge in [0.05, 0.1) is 18.0 Å². The number of methoxy groups -OCH3 is 2. The van der Waals surface area contributed by atoms with Crippen LogP contribution in [-0.4, -0.2) is 30.2 Å². The van der Waals surface area contributed by atoms with Gasteiger partial charge in [-0.1, -0.05) is 6.07 Å². The highest BCUT2D eigenvalue weighted by atomic mass is 19.4. The van der Waals surface area contributed by atoms with Gasteiger partial charge in [0, 0.05) is 19.2 Å². The molecule has 2 aromatic rings. The maximum atomic E-state index is 13.1. The summed E-state index contributed by atoms with van der Waals surface area (Å²) in [5, 5.41) is 4.46. The Morgan fingerprint density at radius 1 is 1.33 bits per heavy atom. The molecule has 0 aliphatic rings. The molecule has 2 rings (SSSR count). The van der Waals surface area contributed by atoms with Gasteiger partial charge in [-0.2, -0.15) is 18.3 Å². The van der Waals surface area contributed by atoms with Crippen LogP contribution >= 0.6 is 0 Å². The molecule has 1 atom stereocenters. The SMILES string of the molecule is CCn1nc(N)c2c(OC)c(C(OC)C(F)(F)F)ccc21. The van der Waals surface area contributed by atoms with E-state index in [1.165, 1.54) is 19.2 Å². The van der Waals surface area contributed by atoms with Crippen LogP contribution in [0.2, 0.25) is 0 Å². The van der Waals surface area contributed by atoms with Gasteiger partial charge in [0.15, 0.2) is 11.9 Å². The normalized spacial score (nSPS) is 13.6. The van der Waals surface area contributed by atoms with Crippen LogP contribution < -0.4 is 10.5 Å². The van der Waals surface area contributed by atoms with Crippen molar-refractivity contribution in [1.29, 1.82) is 0 Å². The lowest BCUT2D eigenvalue weighted by molar-refractivity contribution is -0.216. The highest BCUT2D eigenvalue weighted by Crippen LogP contribution is 2.43. The molecule has 2 N–H and O–H groups in total. The van der Waals surface area contributed by atoms with Gasteiger partial charge in [-0.3, -0.25) is 4.68 Å². The summed E-state index contributed by atoms with van der Waals surface area (Å²) in [6, 6.07) is 2.87. The Morgan fingerprint density at radius 3 is 2.48 bits per heavy atom. The number of aryl methyl sites for hydroxylation is 1. The summed E-state index contributed by atoms with van der Waals surface area (Å²) < 4.78 is 50.5. The first-order chi connectivity index (χ1) is 9.85. The molecule has 0 spiro atoms. The summed E-state index contributed by atoms with van der Waals surface area (Å²) in [6.07, 6.45) is -6.63. The van der Waals surface area contributed by atoms with Gasteiger partial charge < -0.3 is 15.2 Å². The van der Waals surface area contributed by atoms with Crippen molar-refractivity contribution < 1.29 is 22.6 Å². The third-order valence-electron chi connectivity index (χ3n) is 3.25. The molecule has 0 aliphatic heterocycles. The van der Waals surface area contributed by atoms with E-state index in [0.29, 0.717) is 17.4 Å². The average Bonchev–Trinajstić information content (AvgIpc) is 2.74. The van der Waals surface area contributed by atoms with E-state index in [0.717, 1.165) is 7.11 Å². The van der Waals surface area contributed by atoms with E-state index in [9.17, 15) is 13.2 Å². The molecule has 116 valence electrons. The highest BCUT2D eigenvalue weighted by Gasteiger charge is 2.43. The Balaban J connectivity index is 2.74. The number of benzene rings is 1. The summed E-state index contributed by atoms with van der Waals surface area (Å²) in [7, 11) is 2.30. The summed E-state index contributed by atoms with van der Waals surface area (Å²) in [4.78, 5) is 0. The van der Waals surface area contributed by atoms with Gasteiger partial charge in [0.1, 0.15) is 5.75 Å². The van der Waals surface area contributed by atoms with Crippen molar-refractivity contribution >= 4 is 16.7 Å². The average molecular weight is 303 g/mol. The van der Waals surface area contributed by atoms with Crippen molar-refractivity contribution in [1.82, 2.24) is 9.78 Å². The highest BCUT2D eigenvalue weighted by molar-refractivity contribution is 5.96. The third kappa shape index (κ3) is 2.51. The van der Waals surface area contributed by atoms with Gasteiger partial charge in [-0.15, -0.1) is 0 Å². The van der Waals surface area contributed by atoms with E-state index in [-0.39, 0.29) is 17.1 Å². The van der Waals surface area contributed by atoms with E-state index in [2.05, 4.69) is 9.84 Å². The largest absolute Gasteiger partial charge is 0.496 e. The molecule has 1 aromatic carbocycles. The minimum atomic E-state index is -4.55. The minimum Gasteiger partial charge on any atom is -0.496 e. The Morgan fingerprint density at radius 2 is 2.00 bits per heavy atom. The molecule has 1 aromatic heterocycles. The molecular weight excluding hydrogens is 287 g/mol. The lowest BCUT2D eigenvalue weighted by Gasteiger charge is -2.21. The fraction of sp³-hybridized carbons (Fsp3) is 0.462. The molecule has 0 amide bonds. The number of aromatic nitrogens is 2. The molecule has 0 bridgehead atoms. The number of hydrogen-bond donors (Lipinski definition) is 1. The van der Waals surface area contributed by atoms with Crippen LogP contribution in [0.4, 0.5) is 19.0 Å². The number of halogens is 3. The number of nitrogens with two attached hydrogens (primary N) is 1.